The molecule has 1 saturated carbocycles. The normalized spacial score (nSPS) is 32.7. The van der Waals surface area contributed by atoms with Crippen LogP contribution in [0.25, 0.3) is 0 Å². The van der Waals surface area contributed by atoms with Gasteiger partial charge in [0.25, 0.3) is 0 Å². The molecule has 0 radical (unpaired) electrons. The van der Waals surface area contributed by atoms with Crippen molar-refractivity contribution in [1.82, 2.24) is 15.1 Å². The van der Waals surface area contributed by atoms with E-state index >= 15 is 0 Å². The van der Waals surface area contributed by atoms with Gasteiger partial charge in [0, 0.05) is 38.1 Å². The first-order valence-corrected chi connectivity index (χ1v) is 9.38. The Morgan fingerprint density at radius 3 is 2.62 bits per heavy atom. The van der Waals surface area contributed by atoms with Crippen LogP contribution in [0.1, 0.15) is 39.0 Å². The maximum Gasteiger partial charge on any atom is 0.317 e. The second-order valence-electron chi connectivity index (χ2n) is 8.20. The summed E-state index contributed by atoms with van der Waals surface area (Å²) in [5, 5.41) is 3.23. The minimum Gasteiger partial charge on any atom is -0.375 e. The van der Waals surface area contributed by atoms with Gasteiger partial charge in [-0.05, 0) is 33.9 Å². The molecule has 138 valence electrons. The summed E-state index contributed by atoms with van der Waals surface area (Å²) in [5.74, 6) is 0. The fraction of sp³-hybridized carbons (Fsp3) is 0.944. The van der Waals surface area contributed by atoms with E-state index in [2.05, 4.69) is 31.2 Å². The first-order valence-electron chi connectivity index (χ1n) is 9.38. The molecular weight excluding hydrogens is 306 g/mol. The predicted octanol–water partition coefficient (Wildman–Crippen LogP) is 1.70. The zero-order valence-electron chi connectivity index (χ0n) is 15.5. The SMILES string of the molecule is CC1OCCC12CN(C(=O)NCC1(CN(C)C)CCCC1)CCO2. The molecule has 2 atom stereocenters. The van der Waals surface area contributed by atoms with Gasteiger partial charge in [-0.3, -0.25) is 0 Å². The molecule has 2 unspecified atom stereocenters. The van der Waals surface area contributed by atoms with Gasteiger partial charge in [0.15, 0.2) is 0 Å². The van der Waals surface area contributed by atoms with Crippen LogP contribution >= 0.6 is 0 Å². The Hall–Kier alpha value is -0.850. The van der Waals surface area contributed by atoms with E-state index in [1.807, 2.05) is 4.90 Å². The average molecular weight is 339 g/mol. The Labute approximate surface area is 145 Å². The molecule has 0 aromatic carbocycles. The minimum absolute atomic E-state index is 0.0572. The molecule has 1 N–H and O–H groups in total. The number of nitrogens with zero attached hydrogens (tertiary/aromatic N) is 2. The third kappa shape index (κ3) is 3.70. The summed E-state index contributed by atoms with van der Waals surface area (Å²) in [6, 6.07) is 0.0572. The van der Waals surface area contributed by atoms with E-state index in [-0.39, 0.29) is 23.2 Å². The number of hydrogen-bond acceptors (Lipinski definition) is 4. The van der Waals surface area contributed by atoms with E-state index in [0.29, 0.717) is 19.7 Å². The highest BCUT2D eigenvalue weighted by atomic mass is 16.6. The van der Waals surface area contributed by atoms with Crippen molar-refractivity contribution in [2.24, 2.45) is 5.41 Å². The number of ether oxygens (including phenoxy) is 2. The lowest BCUT2D eigenvalue weighted by atomic mass is 9.85. The van der Waals surface area contributed by atoms with E-state index in [0.717, 1.165) is 26.1 Å². The van der Waals surface area contributed by atoms with Crippen LogP contribution in [0, 0.1) is 5.41 Å². The van der Waals surface area contributed by atoms with Crippen LogP contribution in [0.3, 0.4) is 0 Å². The standard InChI is InChI=1S/C18H33N3O3/c1-15-18(8-10-23-15)14-21(9-11-24-18)16(22)19-12-17(13-20(2)3)6-4-5-7-17/h15H,4-14H2,1-3H3,(H,19,22). The molecule has 3 rings (SSSR count). The highest BCUT2D eigenvalue weighted by Crippen LogP contribution is 2.38. The zero-order valence-corrected chi connectivity index (χ0v) is 15.5. The summed E-state index contributed by atoms with van der Waals surface area (Å²) in [6.07, 6.45) is 5.91. The van der Waals surface area contributed by atoms with Crippen molar-refractivity contribution in [1.29, 1.82) is 0 Å². The molecule has 24 heavy (non-hydrogen) atoms. The Kier molecular flexibility index (Phi) is 5.37. The molecule has 0 aromatic rings. The topological polar surface area (TPSA) is 54.0 Å². The van der Waals surface area contributed by atoms with Gasteiger partial charge in [0.05, 0.1) is 19.3 Å². The van der Waals surface area contributed by atoms with Crippen LogP contribution in [0.15, 0.2) is 0 Å². The van der Waals surface area contributed by atoms with Crippen molar-refractivity contribution in [3.05, 3.63) is 0 Å². The monoisotopic (exact) mass is 339 g/mol. The maximum atomic E-state index is 12.7. The van der Waals surface area contributed by atoms with E-state index in [9.17, 15) is 4.79 Å². The van der Waals surface area contributed by atoms with Crippen LogP contribution < -0.4 is 5.32 Å². The number of nitrogens with one attached hydrogen (secondary N) is 1. The van der Waals surface area contributed by atoms with Crippen LogP contribution in [0.2, 0.25) is 0 Å². The highest BCUT2D eigenvalue weighted by molar-refractivity contribution is 5.74. The van der Waals surface area contributed by atoms with Crippen molar-refractivity contribution >= 4 is 6.03 Å². The average Bonchev–Trinajstić information content (AvgIpc) is 3.13. The molecule has 1 spiro atoms. The summed E-state index contributed by atoms with van der Waals surface area (Å²) in [6.45, 7) is 6.51. The Morgan fingerprint density at radius 1 is 1.25 bits per heavy atom. The molecule has 2 heterocycles. The highest BCUT2D eigenvalue weighted by Gasteiger charge is 2.47. The third-order valence-corrected chi connectivity index (χ3v) is 6.06. The second kappa shape index (κ2) is 7.18. The molecule has 2 amide bonds. The van der Waals surface area contributed by atoms with Crippen LogP contribution in [0.4, 0.5) is 4.79 Å². The van der Waals surface area contributed by atoms with E-state index < -0.39 is 0 Å². The lowest BCUT2D eigenvalue weighted by Crippen LogP contribution is -2.59. The smallest absolute Gasteiger partial charge is 0.317 e. The first-order chi connectivity index (χ1) is 11.4. The number of carbonyl (C=O) groups excluding carboxylic acids is 1. The van der Waals surface area contributed by atoms with Gasteiger partial charge < -0.3 is 24.6 Å². The molecule has 0 aromatic heterocycles. The second-order valence-corrected chi connectivity index (χ2v) is 8.20. The lowest BCUT2D eigenvalue weighted by Gasteiger charge is -2.42. The van der Waals surface area contributed by atoms with Gasteiger partial charge >= 0.3 is 6.03 Å². The first kappa shape index (κ1) is 18.0. The van der Waals surface area contributed by atoms with Gasteiger partial charge in [-0.1, -0.05) is 12.8 Å². The lowest BCUT2D eigenvalue weighted by molar-refractivity contribution is -0.125. The van der Waals surface area contributed by atoms with Gasteiger partial charge in [-0.2, -0.15) is 0 Å². The number of carbonyl (C=O) groups is 1. The largest absolute Gasteiger partial charge is 0.375 e. The van der Waals surface area contributed by atoms with Gasteiger partial charge in [-0.15, -0.1) is 0 Å². The Balaban J connectivity index is 1.56. The molecule has 6 nitrogen and oxygen atoms in total. The maximum absolute atomic E-state index is 12.7. The quantitative estimate of drug-likeness (QED) is 0.847. The fourth-order valence-corrected chi connectivity index (χ4v) is 4.70. The third-order valence-electron chi connectivity index (χ3n) is 6.06. The van der Waals surface area contributed by atoms with Crippen molar-refractivity contribution in [3.63, 3.8) is 0 Å². The minimum atomic E-state index is -0.301. The zero-order chi connectivity index (χ0) is 17.2. The molecule has 3 fully saturated rings. The summed E-state index contributed by atoms with van der Waals surface area (Å²) >= 11 is 0. The predicted molar refractivity (Wildman–Crippen MR) is 93.1 cm³/mol. The number of urea groups is 1. The number of morpholine rings is 1. The molecule has 6 heteroatoms. The molecule has 2 aliphatic heterocycles. The summed E-state index contributed by atoms with van der Waals surface area (Å²) in [4.78, 5) is 16.9. The number of amides is 2. The van der Waals surface area contributed by atoms with E-state index in [4.69, 9.17) is 9.47 Å². The van der Waals surface area contributed by atoms with E-state index in [1.165, 1.54) is 25.7 Å². The van der Waals surface area contributed by atoms with E-state index in [1.54, 1.807) is 0 Å². The molecular formula is C18H33N3O3. The molecule has 0 bridgehead atoms. The Morgan fingerprint density at radius 2 is 2.00 bits per heavy atom. The Bertz CT molecular complexity index is 451. The van der Waals surface area contributed by atoms with Crippen molar-refractivity contribution in [2.45, 2.75) is 50.7 Å². The van der Waals surface area contributed by atoms with Gasteiger partial charge in [0.2, 0.25) is 0 Å². The van der Waals surface area contributed by atoms with Crippen LogP contribution in [-0.2, 0) is 9.47 Å². The molecule has 2 saturated heterocycles. The van der Waals surface area contributed by atoms with Crippen LogP contribution in [0.5, 0.6) is 0 Å². The van der Waals surface area contributed by atoms with Crippen molar-refractivity contribution in [2.75, 3.05) is 53.5 Å². The molecule has 3 aliphatic rings. The van der Waals surface area contributed by atoms with Crippen LogP contribution in [-0.4, -0.2) is 81.0 Å². The van der Waals surface area contributed by atoms with Crippen molar-refractivity contribution in [3.8, 4) is 0 Å². The summed E-state index contributed by atoms with van der Waals surface area (Å²) in [7, 11) is 4.24. The van der Waals surface area contributed by atoms with Gasteiger partial charge in [-0.25, -0.2) is 4.79 Å². The van der Waals surface area contributed by atoms with Crippen molar-refractivity contribution < 1.29 is 14.3 Å². The fourth-order valence-electron chi connectivity index (χ4n) is 4.70. The summed E-state index contributed by atoms with van der Waals surface area (Å²) in [5.41, 5.74) is -0.0584. The van der Waals surface area contributed by atoms with Gasteiger partial charge in [0.1, 0.15) is 5.60 Å². The summed E-state index contributed by atoms with van der Waals surface area (Å²) < 4.78 is 11.7. The molecule has 1 aliphatic carbocycles. The number of hydrogen-bond donors (Lipinski definition) is 1. The number of rotatable bonds is 4.